The van der Waals surface area contributed by atoms with Gasteiger partial charge in [0.1, 0.15) is 0 Å². The molecule has 4 rings (SSSR count). The number of anilines is 1. The lowest BCUT2D eigenvalue weighted by Gasteiger charge is -2.32. The van der Waals surface area contributed by atoms with Crippen molar-refractivity contribution in [3.05, 3.63) is 77.5 Å². The Kier molecular flexibility index (Phi) is 4.76. The third kappa shape index (κ3) is 3.81. The van der Waals surface area contributed by atoms with Crippen LogP contribution in [0.15, 0.2) is 60.8 Å². The highest BCUT2D eigenvalue weighted by Crippen LogP contribution is 2.28. The molecule has 2 aromatic rings. The summed E-state index contributed by atoms with van der Waals surface area (Å²) in [4.78, 5) is 15.1. The molecular weight excluding hydrogens is 322 g/mol. The second kappa shape index (κ2) is 7.34. The van der Waals surface area contributed by atoms with E-state index >= 15 is 0 Å². The van der Waals surface area contributed by atoms with Gasteiger partial charge in [0, 0.05) is 49.0 Å². The lowest BCUT2D eigenvalue weighted by Crippen LogP contribution is -2.44. The second-order valence-electron chi connectivity index (χ2n) is 7.29. The van der Waals surface area contributed by atoms with Crippen LogP contribution in [0.4, 0.5) is 5.69 Å². The van der Waals surface area contributed by atoms with Crippen molar-refractivity contribution in [3.8, 4) is 0 Å². The molecule has 4 nitrogen and oxygen atoms in total. The van der Waals surface area contributed by atoms with Crippen LogP contribution in [-0.2, 0) is 13.0 Å². The largest absolute Gasteiger partial charge is 0.359 e. The Morgan fingerprint density at radius 1 is 1.15 bits per heavy atom. The fourth-order valence-electron chi connectivity index (χ4n) is 3.81. The van der Waals surface area contributed by atoms with Crippen LogP contribution in [0.1, 0.15) is 34.3 Å². The molecule has 1 saturated heterocycles. The summed E-state index contributed by atoms with van der Waals surface area (Å²) in [6, 6.07) is 16.7. The van der Waals surface area contributed by atoms with Crippen molar-refractivity contribution in [1.29, 1.82) is 0 Å². The quantitative estimate of drug-likeness (QED) is 0.889. The number of fused-ring (bicyclic) bond motifs is 1. The minimum Gasteiger partial charge on any atom is -0.359 e. The second-order valence-corrected chi connectivity index (χ2v) is 7.29. The summed E-state index contributed by atoms with van der Waals surface area (Å²) in [5, 5.41) is 6.45. The number of likely N-dealkylation sites (tertiary alicyclic amines) is 1. The van der Waals surface area contributed by atoms with Gasteiger partial charge in [0.05, 0.1) is 0 Å². The molecule has 2 N–H and O–H groups in total. The van der Waals surface area contributed by atoms with Gasteiger partial charge in [-0.15, -0.1) is 0 Å². The van der Waals surface area contributed by atoms with Gasteiger partial charge in [0.2, 0.25) is 0 Å². The van der Waals surface area contributed by atoms with Gasteiger partial charge in [-0.3, -0.25) is 9.69 Å². The molecule has 0 bridgehead atoms. The zero-order valence-electron chi connectivity index (χ0n) is 15.0. The molecule has 2 aliphatic heterocycles. The fourth-order valence-corrected chi connectivity index (χ4v) is 3.81. The smallest absolute Gasteiger partial charge is 0.251 e. The van der Waals surface area contributed by atoms with Crippen LogP contribution in [0.2, 0.25) is 0 Å². The average Bonchev–Trinajstić information content (AvgIpc) is 3.03. The molecule has 2 heterocycles. The number of hydrogen-bond acceptors (Lipinski definition) is 3. The van der Waals surface area contributed by atoms with E-state index in [0.717, 1.165) is 61.4 Å². The van der Waals surface area contributed by atoms with Crippen LogP contribution in [0.5, 0.6) is 0 Å². The van der Waals surface area contributed by atoms with Crippen molar-refractivity contribution in [3.63, 3.8) is 0 Å². The highest BCUT2D eigenvalue weighted by molar-refractivity contribution is 5.95. The first-order valence-electron chi connectivity index (χ1n) is 9.32. The summed E-state index contributed by atoms with van der Waals surface area (Å²) in [5.74, 6) is 0.0341. The van der Waals surface area contributed by atoms with Crippen LogP contribution < -0.4 is 10.6 Å². The van der Waals surface area contributed by atoms with E-state index in [1.807, 2.05) is 18.2 Å². The molecule has 0 atom stereocenters. The molecule has 134 valence electrons. The van der Waals surface area contributed by atoms with Gasteiger partial charge in [0.15, 0.2) is 0 Å². The number of benzene rings is 2. The van der Waals surface area contributed by atoms with Crippen LogP contribution in [0.3, 0.4) is 0 Å². The van der Waals surface area contributed by atoms with E-state index in [4.69, 9.17) is 0 Å². The standard InChI is InChI=1S/C22H25N3O/c1-16-13-19-14-18(7-8-21(19)23-16)22(26)24-20-9-11-25(12-10-20)15-17-5-3-2-4-6-17/h2-8,14,20,23H,1,9-13,15H2,(H,24,26). The average molecular weight is 347 g/mol. The van der Waals surface area contributed by atoms with Crippen molar-refractivity contribution in [2.45, 2.75) is 31.8 Å². The Morgan fingerprint density at radius 2 is 1.92 bits per heavy atom. The van der Waals surface area contributed by atoms with E-state index in [-0.39, 0.29) is 11.9 Å². The Labute approximate surface area is 154 Å². The fraction of sp³-hybridized carbons (Fsp3) is 0.318. The van der Waals surface area contributed by atoms with Crippen molar-refractivity contribution < 1.29 is 4.79 Å². The van der Waals surface area contributed by atoms with Crippen molar-refractivity contribution >= 4 is 11.6 Å². The number of allylic oxidation sites excluding steroid dienone is 1. The Bertz CT molecular complexity index is 807. The zero-order chi connectivity index (χ0) is 17.9. The molecule has 1 fully saturated rings. The minimum atomic E-state index is 0.0341. The monoisotopic (exact) mass is 347 g/mol. The number of carbonyl (C=O) groups is 1. The maximum Gasteiger partial charge on any atom is 0.251 e. The number of nitrogens with zero attached hydrogens (tertiary/aromatic N) is 1. The van der Waals surface area contributed by atoms with Gasteiger partial charge >= 0.3 is 0 Å². The van der Waals surface area contributed by atoms with Crippen molar-refractivity contribution in [2.24, 2.45) is 0 Å². The van der Waals surface area contributed by atoms with Crippen LogP contribution >= 0.6 is 0 Å². The summed E-state index contributed by atoms with van der Waals surface area (Å²) in [6.07, 6.45) is 2.80. The highest BCUT2D eigenvalue weighted by atomic mass is 16.1. The van der Waals surface area contributed by atoms with Crippen LogP contribution in [0, 0.1) is 0 Å². The molecule has 0 saturated carbocycles. The van der Waals surface area contributed by atoms with E-state index in [1.165, 1.54) is 5.56 Å². The summed E-state index contributed by atoms with van der Waals surface area (Å²) in [6.45, 7) is 6.99. The number of rotatable bonds is 4. The Hall–Kier alpha value is -2.59. The molecule has 2 aromatic carbocycles. The lowest BCUT2D eigenvalue weighted by molar-refractivity contribution is 0.0909. The summed E-state index contributed by atoms with van der Waals surface area (Å²) >= 11 is 0. The molecule has 1 amide bonds. The molecular formula is C22H25N3O. The molecule has 26 heavy (non-hydrogen) atoms. The molecule has 0 aromatic heterocycles. The van der Waals surface area contributed by atoms with E-state index in [9.17, 15) is 4.79 Å². The number of nitrogens with one attached hydrogen (secondary N) is 2. The maximum absolute atomic E-state index is 12.6. The molecule has 0 unspecified atom stereocenters. The van der Waals surface area contributed by atoms with E-state index < -0.39 is 0 Å². The Balaban J connectivity index is 1.30. The predicted molar refractivity (Wildman–Crippen MR) is 105 cm³/mol. The third-order valence-corrected chi connectivity index (χ3v) is 5.25. The lowest BCUT2D eigenvalue weighted by atomic mass is 10.0. The van der Waals surface area contributed by atoms with Gasteiger partial charge < -0.3 is 10.6 Å². The first kappa shape index (κ1) is 16.9. The van der Waals surface area contributed by atoms with E-state index in [0.29, 0.717) is 0 Å². The van der Waals surface area contributed by atoms with Gasteiger partial charge in [-0.25, -0.2) is 0 Å². The summed E-state index contributed by atoms with van der Waals surface area (Å²) < 4.78 is 0. The zero-order valence-corrected chi connectivity index (χ0v) is 15.0. The topological polar surface area (TPSA) is 44.4 Å². The highest BCUT2D eigenvalue weighted by Gasteiger charge is 2.22. The van der Waals surface area contributed by atoms with Crippen LogP contribution in [-0.4, -0.2) is 29.9 Å². The number of piperidine rings is 1. The number of amides is 1. The molecule has 0 radical (unpaired) electrons. The van der Waals surface area contributed by atoms with E-state index in [2.05, 4.69) is 52.4 Å². The maximum atomic E-state index is 12.6. The minimum absolute atomic E-state index is 0.0341. The number of carbonyl (C=O) groups excluding carboxylic acids is 1. The normalized spacial score (nSPS) is 17.6. The molecule has 0 aliphatic carbocycles. The van der Waals surface area contributed by atoms with E-state index in [1.54, 1.807) is 0 Å². The van der Waals surface area contributed by atoms with Crippen molar-refractivity contribution in [1.82, 2.24) is 10.2 Å². The van der Waals surface area contributed by atoms with Crippen LogP contribution in [0.25, 0.3) is 0 Å². The van der Waals surface area contributed by atoms with Gasteiger partial charge in [-0.05, 0) is 42.2 Å². The van der Waals surface area contributed by atoms with Gasteiger partial charge in [-0.1, -0.05) is 36.9 Å². The van der Waals surface area contributed by atoms with Gasteiger partial charge in [-0.2, -0.15) is 0 Å². The van der Waals surface area contributed by atoms with Crippen molar-refractivity contribution in [2.75, 3.05) is 18.4 Å². The molecule has 0 spiro atoms. The van der Waals surface area contributed by atoms with Gasteiger partial charge in [0.25, 0.3) is 5.91 Å². The first-order valence-corrected chi connectivity index (χ1v) is 9.32. The first-order chi connectivity index (χ1) is 12.7. The SMILES string of the molecule is C=C1Cc2cc(C(=O)NC3CCN(Cc4ccccc4)CC3)ccc2N1. The predicted octanol–water partition coefficient (Wildman–Crippen LogP) is 3.56. The summed E-state index contributed by atoms with van der Waals surface area (Å²) in [5.41, 5.74) is 5.31. The summed E-state index contributed by atoms with van der Waals surface area (Å²) in [7, 11) is 0. The third-order valence-electron chi connectivity index (χ3n) is 5.25. The Morgan fingerprint density at radius 3 is 2.69 bits per heavy atom. The number of hydrogen-bond donors (Lipinski definition) is 2. The molecule has 2 aliphatic rings. The molecule has 4 heteroatoms.